The molecule has 1 aromatic rings. The third kappa shape index (κ3) is 3.38. The number of benzene rings is 1. The fourth-order valence-corrected chi connectivity index (χ4v) is 5.53. The molecule has 0 radical (unpaired) electrons. The van der Waals surface area contributed by atoms with Gasteiger partial charge in [0.25, 0.3) is 0 Å². The van der Waals surface area contributed by atoms with Gasteiger partial charge in [-0.2, -0.15) is 0 Å². The second-order valence-corrected chi connectivity index (χ2v) is 8.93. The van der Waals surface area contributed by atoms with Gasteiger partial charge >= 0.3 is 0 Å². The number of carbonyl (C=O) groups is 1. The molecule has 4 aliphatic rings. The molecule has 6 heteroatoms. The zero-order valence-electron chi connectivity index (χ0n) is 15.4. The molecule has 1 aromatic carbocycles. The Morgan fingerprint density at radius 1 is 1.22 bits per heavy atom. The third-order valence-corrected chi connectivity index (χ3v) is 6.89. The van der Waals surface area contributed by atoms with E-state index in [0.29, 0.717) is 42.8 Å². The van der Waals surface area contributed by atoms with Gasteiger partial charge in [-0.1, -0.05) is 0 Å². The summed E-state index contributed by atoms with van der Waals surface area (Å²) in [7, 11) is 0. The maximum atomic E-state index is 13.5. The molecule has 3 saturated heterocycles. The summed E-state index contributed by atoms with van der Waals surface area (Å²) in [5, 5.41) is 3.13. The van der Waals surface area contributed by atoms with Crippen molar-refractivity contribution in [2.45, 2.75) is 50.4 Å². The van der Waals surface area contributed by atoms with Crippen molar-refractivity contribution in [2.75, 3.05) is 19.6 Å². The molecule has 2 bridgehead atoms. The number of ether oxygens (including phenoxy) is 1. The van der Waals surface area contributed by atoms with Crippen LogP contribution in [0.2, 0.25) is 0 Å². The summed E-state index contributed by atoms with van der Waals surface area (Å²) in [6, 6.07) is 3.72. The molecule has 4 atom stereocenters. The Hall–Kier alpha value is -1.53. The molecule has 3 heterocycles. The Morgan fingerprint density at radius 3 is 2.74 bits per heavy atom. The van der Waals surface area contributed by atoms with E-state index in [4.69, 9.17) is 4.74 Å². The number of nitrogens with zero attached hydrogens (tertiary/aromatic N) is 1. The maximum Gasteiger partial charge on any atom is 0.220 e. The quantitative estimate of drug-likeness (QED) is 0.830. The lowest BCUT2D eigenvalue weighted by molar-refractivity contribution is -0.121. The molecule has 4 nitrogen and oxygen atoms in total. The number of hydrogen-bond acceptors (Lipinski definition) is 3. The molecule has 4 fully saturated rings. The molecule has 1 spiro atoms. The average molecular weight is 376 g/mol. The smallest absolute Gasteiger partial charge is 0.220 e. The molecule has 0 unspecified atom stereocenters. The molecule has 3 aliphatic heterocycles. The predicted octanol–water partition coefficient (Wildman–Crippen LogP) is 2.86. The Bertz CT molecular complexity index is 733. The van der Waals surface area contributed by atoms with Gasteiger partial charge in [0.2, 0.25) is 5.91 Å². The highest BCUT2D eigenvalue weighted by atomic mass is 19.1. The van der Waals surface area contributed by atoms with Crippen LogP contribution in [0.3, 0.4) is 0 Å². The minimum Gasteiger partial charge on any atom is -0.370 e. The number of amides is 1. The summed E-state index contributed by atoms with van der Waals surface area (Å²) < 4.78 is 33.4. The van der Waals surface area contributed by atoms with E-state index in [2.05, 4.69) is 10.2 Å². The lowest BCUT2D eigenvalue weighted by Crippen LogP contribution is -2.41. The van der Waals surface area contributed by atoms with Gasteiger partial charge in [0.05, 0.1) is 11.7 Å². The van der Waals surface area contributed by atoms with Crippen LogP contribution >= 0.6 is 0 Å². The maximum absolute atomic E-state index is 13.5. The van der Waals surface area contributed by atoms with Gasteiger partial charge in [-0.25, -0.2) is 8.78 Å². The topological polar surface area (TPSA) is 41.6 Å². The van der Waals surface area contributed by atoms with Crippen LogP contribution in [-0.4, -0.2) is 42.1 Å². The van der Waals surface area contributed by atoms with E-state index in [9.17, 15) is 13.6 Å². The molecular weight excluding hydrogens is 350 g/mol. The van der Waals surface area contributed by atoms with Crippen molar-refractivity contribution in [3.63, 3.8) is 0 Å². The summed E-state index contributed by atoms with van der Waals surface area (Å²) in [5.41, 5.74) is 0.523. The van der Waals surface area contributed by atoms with E-state index in [1.807, 2.05) is 0 Å². The number of halogens is 2. The lowest BCUT2D eigenvalue weighted by Gasteiger charge is -2.29. The Morgan fingerprint density at radius 2 is 2.00 bits per heavy atom. The highest BCUT2D eigenvalue weighted by Crippen LogP contribution is 2.54. The molecule has 5 rings (SSSR count). The predicted molar refractivity (Wildman–Crippen MR) is 95.8 cm³/mol. The van der Waals surface area contributed by atoms with E-state index in [1.165, 1.54) is 25.0 Å². The van der Waals surface area contributed by atoms with E-state index in [1.54, 1.807) is 0 Å². The summed E-state index contributed by atoms with van der Waals surface area (Å²) in [6.45, 7) is 2.88. The number of rotatable bonds is 6. The van der Waals surface area contributed by atoms with Crippen molar-refractivity contribution in [3.05, 3.63) is 35.4 Å². The Balaban J connectivity index is 1.23. The molecular formula is C21H26F2N2O2. The van der Waals surface area contributed by atoms with Crippen LogP contribution in [0.1, 0.15) is 37.7 Å². The van der Waals surface area contributed by atoms with Gasteiger partial charge < -0.3 is 10.1 Å². The van der Waals surface area contributed by atoms with Crippen molar-refractivity contribution in [2.24, 2.45) is 17.8 Å². The van der Waals surface area contributed by atoms with E-state index in [0.717, 1.165) is 32.0 Å². The van der Waals surface area contributed by atoms with E-state index in [-0.39, 0.29) is 17.6 Å². The zero-order chi connectivity index (χ0) is 18.6. The van der Waals surface area contributed by atoms with Crippen molar-refractivity contribution in [1.29, 1.82) is 0 Å². The normalized spacial score (nSPS) is 34.8. The molecule has 1 saturated carbocycles. The first kappa shape index (κ1) is 17.6. The molecule has 27 heavy (non-hydrogen) atoms. The van der Waals surface area contributed by atoms with Crippen LogP contribution in [-0.2, 0) is 16.1 Å². The highest BCUT2D eigenvalue weighted by molar-refractivity contribution is 5.76. The molecule has 146 valence electrons. The van der Waals surface area contributed by atoms with Crippen molar-refractivity contribution in [1.82, 2.24) is 10.2 Å². The first-order chi connectivity index (χ1) is 13.0. The molecule has 1 N–H and O–H groups in total. The van der Waals surface area contributed by atoms with Crippen LogP contribution in [0.25, 0.3) is 0 Å². The summed E-state index contributed by atoms with van der Waals surface area (Å²) in [4.78, 5) is 14.3. The Labute approximate surface area is 158 Å². The second-order valence-electron chi connectivity index (χ2n) is 8.93. The summed E-state index contributed by atoms with van der Waals surface area (Å²) >= 11 is 0. The van der Waals surface area contributed by atoms with Crippen LogP contribution in [0.4, 0.5) is 8.78 Å². The minimum absolute atomic E-state index is 0.136. The fraction of sp³-hybridized carbons (Fsp3) is 0.667. The van der Waals surface area contributed by atoms with E-state index < -0.39 is 11.6 Å². The third-order valence-electron chi connectivity index (χ3n) is 6.89. The fourth-order valence-electron chi connectivity index (χ4n) is 5.53. The van der Waals surface area contributed by atoms with Crippen LogP contribution < -0.4 is 5.32 Å². The van der Waals surface area contributed by atoms with Gasteiger partial charge in [-0.3, -0.25) is 9.69 Å². The van der Waals surface area contributed by atoms with Gasteiger partial charge in [0, 0.05) is 50.5 Å². The van der Waals surface area contributed by atoms with Gasteiger partial charge in [-0.05, 0) is 49.3 Å². The summed E-state index contributed by atoms with van der Waals surface area (Å²) in [5.74, 6) is 0.430. The molecule has 1 amide bonds. The molecule has 1 aliphatic carbocycles. The highest BCUT2D eigenvalue weighted by Gasteiger charge is 2.62. The standard InChI is InChI=1S/C21H26F2N2O2/c22-15-5-14(6-16(23)8-15)10-25-11-18-17(9-24-20(26)7-13-1-2-13)19-3-4-21(18,12-25)27-19/h5-6,8,13,17-19H,1-4,7,9-12H2,(H,24,26)/t17-,18+,19+,21+/m0/s1. The van der Waals surface area contributed by atoms with Crippen molar-refractivity contribution in [3.8, 4) is 0 Å². The van der Waals surface area contributed by atoms with Crippen molar-refractivity contribution >= 4 is 5.91 Å². The van der Waals surface area contributed by atoms with Crippen LogP contribution in [0.15, 0.2) is 18.2 Å². The van der Waals surface area contributed by atoms with Crippen LogP contribution in [0, 0.1) is 29.4 Å². The van der Waals surface area contributed by atoms with Crippen molar-refractivity contribution < 1.29 is 18.3 Å². The second kappa shape index (κ2) is 6.52. The number of fused-ring (bicyclic) bond motifs is 1. The van der Waals surface area contributed by atoms with E-state index >= 15 is 0 Å². The molecule has 0 aromatic heterocycles. The van der Waals surface area contributed by atoms with Gasteiger partial charge in [0.15, 0.2) is 0 Å². The monoisotopic (exact) mass is 376 g/mol. The largest absolute Gasteiger partial charge is 0.370 e. The Kier molecular flexibility index (Phi) is 4.24. The van der Waals surface area contributed by atoms with Crippen LogP contribution in [0.5, 0.6) is 0 Å². The number of nitrogens with one attached hydrogen (secondary N) is 1. The minimum atomic E-state index is -0.531. The first-order valence-corrected chi connectivity index (χ1v) is 10.1. The number of hydrogen-bond donors (Lipinski definition) is 1. The SMILES string of the molecule is O=C(CC1CC1)NC[C@H]1[C@H]2CN(Cc3cc(F)cc(F)c3)C[C@]23CC[C@H]1O3. The van der Waals surface area contributed by atoms with Gasteiger partial charge in [-0.15, -0.1) is 0 Å². The zero-order valence-corrected chi connectivity index (χ0v) is 15.4. The number of likely N-dealkylation sites (tertiary alicyclic amines) is 1. The lowest BCUT2D eigenvalue weighted by atomic mass is 9.73. The summed E-state index contributed by atoms with van der Waals surface area (Å²) in [6.07, 6.45) is 5.36. The number of carbonyl (C=O) groups excluding carboxylic acids is 1. The first-order valence-electron chi connectivity index (χ1n) is 10.1. The van der Waals surface area contributed by atoms with Gasteiger partial charge in [0.1, 0.15) is 11.6 Å². The average Bonchev–Trinajstić information content (AvgIpc) is 3.09.